The van der Waals surface area contributed by atoms with Gasteiger partial charge in [0.1, 0.15) is 0 Å². The first-order chi connectivity index (χ1) is 12.8. The molecule has 0 bridgehead atoms. The first-order valence-electron chi connectivity index (χ1n) is 9.18. The zero-order valence-electron chi connectivity index (χ0n) is 16.3. The van der Waals surface area contributed by atoms with Crippen LogP contribution in [-0.2, 0) is 10.2 Å². The summed E-state index contributed by atoms with van der Waals surface area (Å²) in [4.78, 5) is 26.7. The Labute approximate surface area is 159 Å². The second-order valence-electron chi connectivity index (χ2n) is 7.89. The van der Waals surface area contributed by atoms with Crippen molar-refractivity contribution in [1.82, 2.24) is 10.3 Å². The fourth-order valence-corrected chi connectivity index (χ4v) is 3.23. The van der Waals surface area contributed by atoms with Gasteiger partial charge in [-0.15, -0.1) is 0 Å². The van der Waals surface area contributed by atoms with Gasteiger partial charge in [-0.2, -0.15) is 0 Å². The Morgan fingerprint density at radius 3 is 2.33 bits per heavy atom. The van der Waals surface area contributed by atoms with Crippen LogP contribution in [0.15, 0.2) is 47.3 Å². The third-order valence-electron chi connectivity index (χ3n) is 4.84. The van der Waals surface area contributed by atoms with E-state index in [0.29, 0.717) is 12.1 Å². The number of nitrogens with one attached hydrogen (secondary N) is 2. The van der Waals surface area contributed by atoms with E-state index in [0.717, 1.165) is 17.6 Å². The average molecular weight is 366 g/mol. The maximum atomic E-state index is 12.2. The van der Waals surface area contributed by atoms with E-state index in [1.54, 1.807) is 6.07 Å². The van der Waals surface area contributed by atoms with Crippen molar-refractivity contribution in [3.63, 3.8) is 0 Å². The van der Waals surface area contributed by atoms with Gasteiger partial charge in [0.05, 0.1) is 7.11 Å². The number of carbonyl (C=O) groups is 1. The van der Waals surface area contributed by atoms with Gasteiger partial charge in [0, 0.05) is 23.7 Å². The molecule has 1 amide bonds. The van der Waals surface area contributed by atoms with E-state index in [9.17, 15) is 9.59 Å². The molecule has 5 heteroatoms. The van der Waals surface area contributed by atoms with Crippen molar-refractivity contribution in [2.75, 3.05) is 7.11 Å². The summed E-state index contributed by atoms with van der Waals surface area (Å²) in [6.07, 6.45) is 3.30. The molecule has 1 saturated heterocycles. The number of amides is 1. The molecule has 2 N–H and O–H groups in total. The van der Waals surface area contributed by atoms with Crippen molar-refractivity contribution < 1.29 is 9.53 Å². The Bertz CT molecular complexity index is 918. The van der Waals surface area contributed by atoms with Crippen molar-refractivity contribution in [2.24, 2.45) is 0 Å². The van der Waals surface area contributed by atoms with Gasteiger partial charge in [-0.3, -0.25) is 9.59 Å². The second kappa shape index (κ2) is 7.43. The molecule has 0 spiro atoms. The fraction of sp³-hybridized carbons (Fsp3) is 0.364. The van der Waals surface area contributed by atoms with Crippen LogP contribution < -0.4 is 15.6 Å². The van der Waals surface area contributed by atoms with Gasteiger partial charge in [0.2, 0.25) is 5.91 Å². The molecule has 0 unspecified atom stereocenters. The zero-order valence-corrected chi connectivity index (χ0v) is 16.3. The van der Waals surface area contributed by atoms with E-state index in [1.807, 2.05) is 12.1 Å². The molecule has 0 aliphatic carbocycles. The summed E-state index contributed by atoms with van der Waals surface area (Å²) in [7, 11) is 1.47. The summed E-state index contributed by atoms with van der Waals surface area (Å²) in [6, 6.07) is 11.8. The lowest BCUT2D eigenvalue weighted by Crippen LogP contribution is -2.23. The molecule has 142 valence electrons. The predicted octanol–water partition coefficient (Wildman–Crippen LogP) is 3.39. The molecule has 1 fully saturated rings. The van der Waals surface area contributed by atoms with E-state index in [4.69, 9.17) is 4.74 Å². The molecule has 1 aromatic carbocycles. The first-order valence-corrected chi connectivity index (χ1v) is 9.18. The number of methoxy groups -OCH3 is 1. The number of ether oxygens (including phenoxy) is 1. The summed E-state index contributed by atoms with van der Waals surface area (Å²) in [6.45, 7) is 6.52. The molecule has 0 radical (unpaired) electrons. The molecule has 1 atom stereocenters. The molecule has 2 aromatic rings. The van der Waals surface area contributed by atoms with Crippen LogP contribution in [0.25, 0.3) is 5.57 Å². The highest BCUT2D eigenvalue weighted by Crippen LogP contribution is 2.28. The molecule has 27 heavy (non-hydrogen) atoms. The minimum Gasteiger partial charge on any atom is -0.491 e. The van der Waals surface area contributed by atoms with Crippen LogP contribution in [0, 0.1) is 0 Å². The molecule has 3 rings (SSSR count). The minimum absolute atomic E-state index is 0.0413. The largest absolute Gasteiger partial charge is 0.491 e. The van der Waals surface area contributed by atoms with Crippen molar-refractivity contribution in [3.8, 4) is 5.75 Å². The summed E-state index contributed by atoms with van der Waals surface area (Å²) in [5.74, 6) is 0.331. The summed E-state index contributed by atoms with van der Waals surface area (Å²) in [5.41, 5.74) is 3.61. The quantitative estimate of drug-likeness (QED) is 0.871. The van der Waals surface area contributed by atoms with Crippen molar-refractivity contribution in [3.05, 3.63) is 69.6 Å². The van der Waals surface area contributed by atoms with Gasteiger partial charge in [-0.1, -0.05) is 51.1 Å². The van der Waals surface area contributed by atoms with Crippen molar-refractivity contribution >= 4 is 11.5 Å². The number of rotatable bonds is 4. The van der Waals surface area contributed by atoms with E-state index in [1.165, 1.54) is 12.7 Å². The smallest absolute Gasteiger partial charge is 0.290 e. The average Bonchev–Trinajstić information content (AvgIpc) is 3.04. The molecule has 5 nitrogen and oxygen atoms in total. The summed E-state index contributed by atoms with van der Waals surface area (Å²) < 4.78 is 5.07. The van der Waals surface area contributed by atoms with Gasteiger partial charge < -0.3 is 15.0 Å². The standard InChI is InChI=1S/C22H26N2O3/c1-22(2,3)15-7-5-14(6-8-15)17(13-16-9-12-20(25)23-16)18-10-11-19(27-4)21(26)24-18/h5-8,10-11,13,16H,9,12H2,1-4H3,(H,23,25)(H,24,26)/b17-13-/t16-/m1/s1. The Kier molecular flexibility index (Phi) is 5.22. The molecular weight excluding hydrogens is 340 g/mol. The predicted molar refractivity (Wildman–Crippen MR) is 107 cm³/mol. The van der Waals surface area contributed by atoms with Crippen LogP contribution in [0.3, 0.4) is 0 Å². The highest BCUT2D eigenvalue weighted by Gasteiger charge is 2.21. The number of H-pyrrole nitrogens is 1. The molecule has 1 aliphatic heterocycles. The summed E-state index contributed by atoms with van der Waals surface area (Å²) in [5, 5.41) is 2.96. The van der Waals surface area contributed by atoms with Crippen LogP contribution in [0.2, 0.25) is 0 Å². The van der Waals surface area contributed by atoms with E-state index in [2.05, 4.69) is 55.3 Å². The maximum Gasteiger partial charge on any atom is 0.290 e. The number of aromatic nitrogens is 1. The normalized spacial score (nSPS) is 17.7. The van der Waals surface area contributed by atoms with Gasteiger partial charge in [0.15, 0.2) is 5.75 Å². The Morgan fingerprint density at radius 2 is 1.81 bits per heavy atom. The number of pyridine rings is 1. The lowest BCUT2D eigenvalue weighted by molar-refractivity contribution is -0.119. The number of hydrogen-bond donors (Lipinski definition) is 2. The Morgan fingerprint density at radius 1 is 1.11 bits per heavy atom. The molecule has 1 aromatic heterocycles. The highest BCUT2D eigenvalue weighted by atomic mass is 16.5. The molecule has 0 saturated carbocycles. The fourth-order valence-electron chi connectivity index (χ4n) is 3.23. The third kappa shape index (κ3) is 4.30. The van der Waals surface area contributed by atoms with Gasteiger partial charge in [-0.25, -0.2) is 0 Å². The number of aromatic amines is 1. The lowest BCUT2D eigenvalue weighted by Gasteiger charge is -2.20. The summed E-state index contributed by atoms with van der Waals surface area (Å²) >= 11 is 0. The van der Waals surface area contributed by atoms with Crippen LogP contribution in [0.5, 0.6) is 5.75 Å². The van der Waals surface area contributed by atoms with E-state index >= 15 is 0 Å². The zero-order chi connectivity index (χ0) is 19.6. The maximum absolute atomic E-state index is 12.2. The molecule has 2 heterocycles. The Balaban J connectivity index is 2.05. The number of carbonyl (C=O) groups excluding carboxylic acids is 1. The Hall–Kier alpha value is -2.82. The topological polar surface area (TPSA) is 71.2 Å². The monoisotopic (exact) mass is 366 g/mol. The van der Waals surface area contributed by atoms with Crippen LogP contribution in [-0.4, -0.2) is 24.0 Å². The van der Waals surface area contributed by atoms with Gasteiger partial charge in [-0.05, 0) is 35.1 Å². The van der Waals surface area contributed by atoms with Crippen LogP contribution in [0.4, 0.5) is 0 Å². The molecule has 1 aliphatic rings. The van der Waals surface area contributed by atoms with Crippen LogP contribution >= 0.6 is 0 Å². The third-order valence-corrected chi connectivity index (χ3v) is 4.84. The first kappa shape index (κ1) is 19.0. The second-order valence-corrected chi connectivity index (χ2v) is 7.89. The number of hydrogen-bond acceptors (Lipinski definition) is 3. The van der Waals surface area contributed by atoms with Crippen molar-refractivity contribution in [2.45, 2.75) is 45.1 Å². The van der Waals surface area contributed by atoms with Crippen molar-refractivity contribution in [1.29, 1.82) is 0 Å². The van der Waals surface area contributed by atoms with Crippen LogP contribution in [0.1, 0.15) is 50.4 Å². The van der Waals surface area contributed by atoms with Gasteiger partial charge in [0.25, 0.3) is 5.56 Å². The highest BCUT2D eigenvalue weighted by molar-refractivity contribution is 5.82. The van der Waals surface area contributed by atoms with Gasteiger partial charge >= 0.3 is 0 Å². The minimum atomic E-state index is -0.275. The van der Waals surface area contributed by atoms with E-state index < -0.39 is 0 Å². The number of benzene rings is 1. The molecular formula is C22H26N2O3. The van der Waals surface area contributed by atoms with E-state index in [-0.39, 0.29) is 28.7 Å². The lowest BCUT2D eigenvalue weighted by atomic mass is 9.86. The SMILES string of the molecule is COc1ccc(/C(=C\[C@H]2CCC(=O)N2)c2ccc(C(C)(C)C)cc2)[nH]c1=O.